The second-order valence-electron chi connectivity index (χ2n) is 11.0. The van der Waals surface area contributed by atoms with E-state index in [1.165, 1.54) is 44.1 Å². The minimum absolute atomic E-state index is 0.135. The molecule has 0 atom stereocenters. The van der Waals surface area contributed by atoms with Gasteiger partial charge in [-0.05, 0) is 85.8 Å². The molecule has 6 heteroatoms. The second-order valence-corrected chi connectivity index (χ2v) is 11.0. The molecule has 0 unspecified atom stereocenters. The van der Waals surface area contributed by atoms with Crippen molar-refractivity contribution in [2.75, 3.05) is 25.5 Å². The fraction of sp³-hybridized carbons (Fsp3) is 0.593. The summed E-state index contributed by atoms with van der Waals surface area (Å²) in [5.74, 6) is 4.79. The van der Waals surface area contributed by atoms with Crippen LogP contribution in [0.4, 0.5) is 5.82 Å². The Bertz CT molecular complexity index is 1020. The smallest absolute Gasteiger partial charge is 0.227 e. The van der Waals surface area contributed by atoms with Crippen molar-refractivity contribution in [3.63, 3.8) is 0 Å². The maximum absolute atomic E-state index is 13.0. The highest BCUT2D eigenvalue weighted by Crippen LogP contribution is 2.59. The Morgan fingerprint density at radius 3 is 2.64 bits per heavy atom. The number of anilines is 1. The average Bonchev–Trinajstić information content (AvgIpc) is 2.81. The van der Waals surface area contributed by atoms with Gasteiger partial charge in [-0.25, -0.2) is 9.97 Å². The lowest BCUT2D eigenvalue weighted by atomic mass is 9.49. The lowest BCUT2D eigenvalue weighted by Gasteiger charge is -2.57. The van der Waals surface area contributed by atoms with Crippen molar-refractivity contribution in [2.24, 2.45) is 23.2 Å². The van der Waals surface area contributed by atoms with Crippen LogP contribution in [0.2, 0.25) is 0 Å². The lowest BCUT2D eigenvalue weighted by Crippen LogP contribution is -2.49. The van der Waals surface area contributed by atoms with E-state index in [1.807, 2.05) is 29.2 Å². The highest BCUT2D eigenvalue weighted by Gasteiger charge is 2.50. The van der Waals surface area contributed by atoms with Gasteiger partial charge in [-0.1, -0.05) is 12.1 Å². The number of hydrogen-bond acceptors (Lipinski definition) is 5. The molecule has 1 aliphatic heterocycles. The molecule has 0 spiro atoms. The molecule has 0 saturated heterocycles. The standard InChI is InChI=1S/C27H34N4O2/c1-33-22-4-2-3-18(10-22)11-25(32)31-6-5-23-24(15-31)29-17-30-26(23)28-16-27-12-19-7-20(13-27)9-21(8-19)14-27/h2-4,10,17,19-21H,5-9,11-16H2,1H3,(H,28,29,30). The minimum atomic E-state index is 0.135. The Morgan fingerprint density at radius 2 is 1.91 bits per heavy atom. The van der Waals surface area contributed by atoms with E-state index in [1.54, 1.807) is 13.4 Å². The third-order valence-corrected chi connectivity index (χ3v) is 8.65. The van der Waals surface area contributed by atoms with E-state index < -0.39 is 0 Å². The molecule has 5 aliphatic rings. The number of carbonyl (C=O) groups excluding carboxylic acids is 1. The Kier molecular flexibility index (Phi) is 5.27. The quantitative estimate of drug-likeness (QED) is 0.719. The van der Waals surface area contributed by atoms with Gasteiger partial charge < -0.3 is 15.0 Å². The highest BCUT2D eigenvalue weighted by molar-refractivity contribution is 5.79. The van der Waals surface area contributed by atoms with Crippen molar-refractivity contribution in [2.45, 2.75) is 57.9 Å². The zero-order valence-corrected chi connectivity index (χ0v) is 19.6. The zero-order valence-electron chi connectivity index (χ0n) is 19.6. The maximum Gasteiger partial charge on any atom is 0.227 e. The second kappa shape index (κ2) is 8.30. The monoisotopic (exact) mass is 446 g/mol. The molecule has 7 rings (SSSR count). The summed E-state index contributed by atoms with van der Waals surface area (Å²) in [4.78, 5) is 24.1. The summed E-state index contributed by atoms with van der Waals surface area (Å²) < 4.78 is 5.29. The third kappa shape index (κ3) is 4.09. The molecule has 1 aromatic carbocycles. The maximum atomic E-state index is 13.0. The average molecular weight is 447 g/mol. The number of aromatic nitrogens is 2. The van der Waals surface area contributed by atoms with Crippen LogP contribution in [0.15, 0.2) is 30.6 Å². The first-order chi connectivity index (χ1) is 16.1. The summed E-state index contributed by atoms with van der Waals surface area (Å²) in [5.41, 5.74) is 3.64. The van der Waals surface area contributed by atoms with Gasteiger partial charge in [0.25, 0.3) is 0 Å². The van der Waals surface area contributed by atoms with Gasteiger partial charge in [-0.15, -0.1) is 0 Å². The third-order valence-electron chi connectivity index (χ3n) is 8.65. The van der Waals surface area contributed by atoms with E-state index in [0.717, 1.165) is 60.1 Å². The van der Waals surface area contributed by atoms with E-state index >= 15 is 0 Å². The fourth-order valence-electron chi connectivity index (χ4n) is 7.57. The van der Waals surface area contributed by atoms with Crippen LogP contribution in [-0.2, 0) is 24.2 Å². The topological polar surface area (TPSA) is 67.3 Å². The van der Waals surface area contributed by atoms with Crippen LogP contribution < -0.4 is 10.1 Å². The van der Waals surface area contributed by atoms with Gasteiger partial charge in [0.05, 0.1) is 25.8 Å². The number of benzene rings is 1. The summed E-state index contributed by atoms with van der Waals surface area (Å²) >= 11 is 0. The number of methoxy groups -OCH3 is 1. The number of ether oxygens (including phenoxy) is 1. The molecule has 4 bridgehead atoms. The summed E-state index contributed by atoms with van der Waals surface area (Å²) in [5, 5.41) is 3.76. The first-order valence-corrected chi connectivity index (χ1v) is 12.6. The first-order valence-electron chi connectivity index (χ1n) is 12.6. The van der Waals surface area contributed by atoms with Crippen molar-refractivity contribution in [1.29, 1.82) is 0 Å². The van der Waals surface area contributed by atoms with Crippen molar-refractivity contribution in [1.82, 2.24) is 14.9 Å². The molecule has 4 aliphatic carbocycles. The van der Waals surface area contributed by atoms with E-state index in [2.05, 4.69) is 15.3 Å². The van der Waals surface area contributed by atoms with Crippen molar-refractivity contribution in [3.8, 4) is 5.75 Å². The first kappa shape index (κ1) is 20.9. The van der Waals surface area contributed by atoms with E-state index in [4.69, 9.17) is 4.74 Å². The van der Waals surface area contributed by atoms with Crippen LogP contribution in [-0.4, -0.2) is 41.0 Å². The van der Waals surface area contributed by atoms with E-state index in [-0.39, 0.29) is 5.91 Å². The predicted molar refractivity (Wildman–Crippen MR) is 127 cm³/mol. The van der Waals surface area contributed by atoms with E-state index in [0.29, 0.717) is 18.4 Å². The minimum Gasteiger partial charge on any atom is -0.497 e. The van der Waals surface area contributed by atoms with Crippen molar-refractivity contribution < 1.29 is 9.53 Å². The molecule has 1 aromatic heterocycles. The summed E-state index contributed by atoms with van der Waals surface area (Å²) in [7, 11) is 1.65. The van der Waals surface area contributed by atoms with Gasteiger partial charge in [-0.2, -0.15) is 0 Å². The molecule has 1 amide bonds. The summed E-state index contributed by atoms with van der Waals surface area (Å²) in [6, 6.07) is 7.75. The van der Waals surface area contributed by atoms with Crippen LogP contribution in [0.3, 0.4) is 0 Å². The van der Waals surface area contributed by atoms with Crippen LogP contribution in [0.5, 0.6) is 5.75 Å². The van der Waals surface area contributed by atoms with E-state index in [9.17, 15) is 4.79 Å². The van der Waals surface area contributed by atoms with Gasteiger partial charge in [0, 0.05) is 18.7 Å². The summed E-state index contributed by atoms with van der Waals surface area (Å²) in [6.07, 6.45) is 11.5. The van der Waals surface area contributed by atoms with Gasteiger partial charge in [-0.3, -0.25) is 4.79 Å². The largest absolute Gasteiger partial charge is 0.497 e. The summed E-state index contributed by atoms with van der Waals surface area (Å²) in [6.45, 7) is 2.32. The number of amides is 1. The Balaban J connectivity index is 1.12. The molecule has 4 fully saturated rings. The molecule has 4 saturated carbocycles. The Hall–Kier alpha value is -2.63. The van der Waals surface area contributed by atoms with Crippen LogP contribution in [0.1, 0.15) is 55.3 Å². The van der Waals surface area contributed by atoms with Crippen LogP contribution >= 0.6 is 0 Å². The highest BCUT2D eigenvalue weighted by atomic mass is 16.5. The normalized spacial score (nSPS) is 29.6. The zero-order chi connectivity index (χ0) is 22.4. The van der Waals surface area contributed by atoms with Gasteiger partial charge in [0.15, 0.2) is 0 Å². The SMILES string of the molecule is COc1cccc(CC(=O)N2CCc3c(ncnc3NCC34CC5CC(CC(C5)C3)C4)C2)c1. The molecule has 2 aromatic rings. The Morgan fingerprint density at radius 1 is 1.15 bits per heavy atom. The van der Waals surface area contributed by atoms with Gasteiger partial charge in [0.1, 0.15) is 17.9 Å². The van der Waals surface area contributed by atoms with Crippen molar-refractivity contribution >= 4 is 11.7 Å². The molecule has 33 heavy (non-hydrogen) atoms. The number of rotatable bonds is 6. The number of nitrogens with one attached hydrogen (secondary N) is 1. The van der Waals surface area contributed by atoms with Crippen LogP contribution in [0.25, 0.3) is 0 Å². The molecule has 174 valence electrons. The molecule has 2 heterocycles. The molecular weight excluding hydrogens is 412 g/mol. The molecular formula is C27H34N4O2. The molecule has 0 radical (unpaired) electrons. The number of carbonyl (C=O) groups is 1. The number of fused-ring (bicyclic) bond motifs is 1. The number of nitrogens with zero attached hydrogens (tertiary/aromatic N) is 3. The van der Waals surface area contributed by atoms with Crippen LogP contribution in [0, 0.1) is 23.2 Å². The molecule has 1 N–H and O–H groups in total. The Labute approximate surface area is 196 Å². The van der Waals surface area contributed by atoms with Gasteiger partial charge in [0.2, 0.25) is 5.91 Å². The fourth-order valence-corrected chi connectivity index (χ4v) is 7.57. The molecule has 6 nitrogen and oxygen atoms in total. The predicted octanol–water partition coefficient (Wildman–Crippen LogP) is 4.24. The number of hydrogen-bond donors (Lipinski definition) is 1. The van der Waals surface area contributed by atoms with Gasteiger partial charge >= 0.3 is 0 Å². The van der Waals surface area contributed by atoms with Crippen molar-refractivity contribution in [3.05, 3.63) is 47.4 Å². The lowest BCUT2D eigenvalue weighted by molar-refractivity contribution is -0.131.